The van der Waals surface area contributed by atoms with Crippen LogP contribution in [0.5, 0.6) is 0 Å². The number of hydrogen-bond donors (Lipinski definition) is 0. The molecule has 0 fully saturated rings. The number of carbonyl (C=O) groups is 1. The Labute approximate surface area is 90.2 Å². The molecule has 0 bridgehead atoms. The van der Waals surface area contributed by atoms with Gasteiger partial charge in [-0.05, 0) is 17.7 Å². The minimum Gasteiger partial charge on any atom is -0.582 e. The smallest absolute Gasteiger partial charge is 0.244 e. The van der Waals surface area contributed by atoms with Crippen LogP contribution in [0.2, 0.25) is 0 Å². The normalized spacial score (nSPS) is 9.64. The summed E-state index contributed by atoms with van der Waals surface area (Å²) in [6, 6.07) is 0. The predicted octanol–water partition coefficient (Wildman–Crippen LogP) is 2.75. The van der Waals surface area contributed by atoms with Gasteiger partial charge in [-0.25, -0.2) is 0 Å². The van der Waals surface area contributed by atoms with Gasteiger partial charge in [-0.2, -0.15) is 0 Å². The molecule has 0 aromatic rings. The summed E-state index contributed by atoms with van der Waals surface area (Å²) in [5.41, 5.74) is 0. The second kappa shape index (κ2) is 11.1. The largest absolute Gasteiger partial charge is 0.582 e. The summed E-state index contributed by atoms with van der Waals surface area (Å²) in [6.45, 7) is 0. The third kappa shape index (κ3) is 35.4. The van der Waals surface area contributed by atoms with Crippen molar-refractivity contribution in [2.75, 3.05) is 5.33 Å². The number of allylic oxidation sites excluding steroid dienone is 2. The molecule has 0 saturated carbocycles. The maximum atomic E-state index is 9.86. The number of carbonyl (C=O) groups excluding carboxylic acids is 1. The first kappa shape index (κ1) is 14.6. The molecule has 0 aliphatic carbocycles. The Morgan fingerprint density at radius 2 is 2.00 bits per heavy atom. The summed E-state index contributed by atoms with van der Waals surface area (Å²) in [7, 11) is 7.36. The Morgan fingerprint density at radius 1 is 1.64 bits per heavy atom. The Balaban J connectivity index is 0. The monoisotopic (exact) mass is 300 g/mol. The molecule has 0 rings (SSSR count). The summed E-state index contributed by atoms with van der Waals surface area (Å²) in [5, 5.41) is 0.241. The fraction of sp³-hybridized carbons (Fsp3) is 0.250. The van der Waals surface area contributed by atoms with Crippen LogP contribution in [0.3, 0.4) is 0 Å². The molecule has 11 heavy (non-hydrogen) atoms. The van der Waals surface area contributed by atoms with Crippen LogP contribution in [0.15, 0.2) is 12.2 Å². The van der Waals surface area contributed by atoms with Crippen molar-refractivity contribution < 1.29 is 9.35 Å². The van der Waals surface area contributed by atoms with E-state index in [1.54, 1.807) is 6.08 Å². The van der Waals surface area contributed by atoms with Crippen molar-refractivity contribution in [3.8, 4) is 0 Å². The molecule has 0 radical (unpaired) electrons. The lowest BCUT2D eigenvalue weighted by molar-refractivity contribution is -0.107. The lowest BCUT2D eigenvalue weighted by atomic mass is 10.6. The zero-order valence-electron chi connectivity index (χ0n) is 5.10. The van der Waals surface area contributed by atoms with E-state index in [0.29, 0.717) is 5.33 Å². The van der Waals surface area contributed by atoms with Crippen LogP contribution in [-0.2, 0) is 14.4 Å². The van der Waals surface area contributed by atoms with Gasteiger partial charge in [0, 0.05) is 5.33 Å². The van der Waals surface area contributed by atoms with E-state index >= 15 is 0 Å². The Hall–Kier alpha value is 1.07. The molecule has 0 spiro atoms. The minimum absolute atomic E-state index is 0.431. The van der Waals surface area contributed by atoms with Crippen molar-refractivity contribution in [1.29, 1.82) is 0 Å². The Bertz CT molecular complexity index is 128. The van der Waals surface area contributed by atoms with Crippen molar-refractivity contribution in [2.45, 2.75) is 0 Å². The van der Waals surface area contributed by atoms with E-state index in [1.165, 1.54) is 6.08 Å². The fourth-order valence-corrected chi connectivity index (χ4v) is 0.413. The van der Waals surface area contributed by atoms with E-state index < -0.39 is 14.8 Å². The van der Waals surface area contributed by atoms with Crippen molar-refractivity contribution >= 4 is 63.7 Å². The van der Waals surface area contributed by atoms with Gasteiger partial charge in [0.05, 0.1) is 0 Å². The van der Waals surface area contributed by atoms with Gasteiger partial charge in [0.15, 0.2) is 31.0 Å². The molecule has 0 heterocycles. The van der Waals surface area contributed by atoms with Crippen LogP contribution < -0.4 is 0 Å². The number of halogens is 4. The highest BCUT2D eigenvalue weighted by Crippen LogP contribution is 1.98. The molecule has 0 saturated heterocycles. The van der Waals surface area contributed by atoms with E-state index in [-0.39, 0.29) is 0 Å². The first-order valence-electron chi connectivity index (χ1n) is 2.17. The van der Waals surface area contributed by atoms with Crippen molar-refractivity contribution in [3.05, 3.63) is 12.2 Å². The quantitative estimate of drug-likeness (QED) is 0.340. The average Bonchev–Trinajstić information content (AvgIpc) is 1.82. The molecule has 2 nitrogen and oxygen atoms in total. The highest BCUT2D eigenvalue weighted by molar-refractivity contribution is 9.09. The first-order chi connectivity index (χ1) is 5.00. The van der Waals surface area contributed by atoms with Crippen molar-refractivity contribution in [2.24, 2.45) is 0 Å². The van der Waals surface area contributed by atoms with Gasteiger partial charge in [0.1, 0.15) is 0 Å². The lowest BCUT2D eigenvalue weighted by Gasteiger charge is -1.73. The summed E-state index contributed by atoms with van der Waals surface area (Å²) >= 11 is 7.99. The zero-order valence-corrected chi connectivity index (χ0v) is 9.77. The average molecular weight is 302 g/mol. The SMILES string of the molecule is O=C(Cl)C=CCBr.[O-][S+](Cl)Cl. The van der Waals surface area contributed by atoms with Crippen molar-refractivity contribution in [3.63, 3.8) is 0 Å². The van der Waals surface area contributed by atoms with E-state index in [2.05, 4.69) is 37.3 Å². The Kier molecular flexibility index (Phi) is 14.7. The second-order valence-corrected chi connectivity index (χ2v) is 4.59. The van der Waals surface area contributed by atoms with Crippen LogP contribution in [-0.4, -0.2) is 15.1 Å². The van der Waals surface area contributed by atoms with Gasteiger partial charge in [0.25, 0.3) is 0 Å². The number of hydrogen-bond acceptors (Lipinski definition) is 2. The lowest BCUT2D eigenvalue weighted by Crippen LogP contribution is -1.73. The summed E-state index contributed by atoms with van der Waals surface area (Å²) < 4.78 is 9.09. The number of alkyl halides is 1. The van der Waals surface area contributed by atoms with Crippen LogP contribution >= 0.6 is 48.9 Å². The molecular weight excluding hydrogens is 298 g/mol. The van der Waals surface area contributed by atoms with E-state index in [1.807, 2.05) is 0 Å². The van der Waals surface area contributed by atoms with Gasteiger partial charge in [-0.3, -0.25) is 4.79 Å². The highest BCUT2D eigenvalue weighted by Gasteiger charge is 1.83. The molecule has 0 aliphatic rings. The van der Waals surface area contributed by atoms with E-state index in [4.69, 9.17) is 16.2 Å². The maximum Gasteiger partial charge on any atom is 0.244 e. The van der Waals surface area contributed by atoms with Gasteiger partial charge in [0.2, 0.25) is 5.24 Å². The second-order valence-electron chi connectivity index (χ2n) is 1.05. The third-order valence-electron chi connectivity index (χ3n) is 0.338. The molecule has 0 N–H and O–H groups in total. The summed E-state index contributed by atoms with van der Waals surface area (Å²) in [4.78, 5) is 9.86. The van der Waals surface area contributed by atoms with Gasteiger partial charge in [-0.15, -0.1) is 0 Å². The van der Waals surface area contributed by atoms with Crippen LogP contribution in [0.4, 0.5) is 0 Å². The summed E-state index contributed by atoms with van der Waals surface area (Å²) in [6.07, 6.45) is 2.94. The van der Waals surface area contributed by atoms with Crippen LogP contribution in [0.1, 0.15) is 0 Å². The van der Waals surface area contributed by atoms with Crippen LogP contribution in [0, 0.1) is 0 Å². The molecule has 0 atom stereocenters. The molecule has 0 amide bonds. The first-order valence-corrected chi connectivity index (χ1v) is 6.47. The molecule has 66 valence electrons. The molecular formula is C4H4BrCl3O2S. The van der Waals surface area contributed by atoms with E-state index in [9.17, 15) is 4.79 Å². The Morgan fingerprint density at radius 3 is 2.09 bits per heavy atom. The third-order valence-corrected chi connectivity index (χ3v) is 0.838. The molecule has 7 heteroatoms. The topological polar surface area (TPSA) is 40.1 Å². The highest BCUT2D eigenvalue weighted by atomic mass is 79.9. The zero-order chi connectivity index (χ0) is 9.28. The summed E-state index contributed by atoms with van der Waals surface area (Å²) in [5.74, 6) is 0. The predicted molar refractivity (Wildman–Crippen MR) is 53.6 cm³/mol. The maximum absolute atomic E-state index is 9.86. The van der Waals surface area contributed by atoms with Crippen molar-refractivity contribution in [1.82, 2.24) is 0 Å². The standard InChI is InChI=1S/C4H4BrClO.Cl2OS/c5-3-1-2-4(6)7;1-4(2)3/h1-2H,3H2;. The van der Waals surface area contributed by atoms with Crippen LogP contribution in [0.25, 0.3) is 0 Å². The van der Waals surface area contributed by atoms with E-state index in [0.717, 1.165) is 0 Å². The molecule has 0 aromatic carbocycles. The van der Waals surface area contributed by atoms with Gasteiger partial charge >= 0.3 is 0 Å². The van der Waals surface area contributed by atoms with Gasteiger partial charge < -0.3 is 4.55 Å². The minimum atomic E-state index is -1.67. The molecule has 0 aromatic heterocycles. The molecule has 0 unspecified atom stereocenters. The molecule has 0 aliphatic heterocycles. The number of rotatable bonds is 2. The van der Waals surface area contributed by atoms with Gasteiger partial charge in [-0.1, -0.05) is 22.0 Å². The fourth-order valence-electron chi connectivity index (χ4n) is 0.137.